The van der Waals surface area contributed by atoms with E-state index in [1.54, 1.807) is 0 Å². The fraction of sp³-hybridized carbons (Fsp3) is 0.438. The highest BCUT2D eigenvalue weighted by Crippen LogP contribution is 2.33. The molecule has 1 aromatic heterocycles. The fourth-order valence-electron chi connectivity index (χ4n) is 1.85. The zero-order valence-electron chi connectivity index (χ0n) is 12.9. The maximum absolute atomic E-state index is 6.12. The molecule has 0 bridgehead atoms. The highest BCUT2D eigenvalue weighted by molar-refractivity contribution is 7.99. The van der Waals surface area contributed by atoms with Gasteiger partial charge in [0.2, 0.25) is 0 Å². The minimum absolute atomic E-state index is 0.630. The van der Waals surface area contributed by atoms with Crippen molar-refractivity contribution in [2.24, 2.45) is 5.92 Å². The van der Waals surface area contributed by atoms with Crippen molar-refractivity contribution in [2.75, 3.05) is 6.54 Å². The van der Waals surface area contributed by atoms with Crippen LogP contribution in [0.3, 0.4) is 0 Å². The molecular weight excluding hydrogens is 304 g/mol. The molecule has 21 heavy (non-hydrogen) atoms. The van der Waals surface area contributed by atoms with E-state index in [0.29, 0.717) is 11.1 Å². The first-order chi connectivity index (χ1) is 9.95. The van der Waals surface area contributed by atoms with Gasteiger partial charge >= 0.3 is 0 Å². The van der Waals surface area contributed by atoms with Crippen LogP contribution in [-0.4, -0.2) is 11.5 Å². The zero-order chi connectivity index (χ0) is 15.4. The zero-order valence-corrected chi connectivity index (χ0v) is 14.4. The summed E-state index contributed by atoms with van der Waals surface area (Å²) in [5.41, 5.74) is 2.14. The molecule has 0 atom stereocenters. The van der Waals surface area contributed by atoms with E-state index < -0.39 is 0 Å². The molecule has 0 aliphatic rings. The maximum Gasteiger partial charge on any atom is 0.261 e. The number of nitrogens with one attached hydrogen (secondary N) is 1. The monoisotopic (exact) mass is 324 g/mol. The van der Waals surface area contributed by atoms with Gasteiger partial charge in [-0.1, -0.05) is 31.5 Å². The largest absolute Gasteiger partial charge is 0.436 e. The first-order valence-corrected chi connectivity index (χ1v) is 8.26. The number of aryl methyl sites for hydroxylation is 2. The van der Waals surface area contributed by atoms with E-state index in [0.717, 1.165) is 34.5 Å². The molecule has 114 valence electrons. The second-order valence-corrected chi connectivity index (χ2v) is 6.93. The third kappa shape index (κ3) is 4.77. The van der Waals surface area contributed by atoms with Crippen molar-refractivity contribution < 1.29 is 4.42 Å². The molecule has 0 fully saturated rings. The predicted molar refractivity (Wildman–Crippen MR) is 88.1 cm³/mol. The van der Waals surface area contributed by atoms with E-state index in [-0.39, 0.29) is 0 Å². The minimum atomic E-state index is 0.630. The molecule has 3 nitrogen and oxygen atoms in total. The van der Waals surface area contributed by atoms with Crippen LogP contribution in [0.1, 0.15) is 30.9 Å². The molecule has 0 amide bonds. The smallest absolute Gasteiger partial charge is 0.261 e. The van der Waals surface area contributed by atoms with Gasteiger partial charge < -0.3 is 9.73 Å². The Hall–Kier alpha value is -0.970. The van der Waals surface area contributed by atoms with E-state index in [9.17, 15) is 0 Å². The van der Waals surface area contributed by atoms with E-state index in [2.05, 4.69) is 30.2 Å². The number of nitrogens with zero attached hydrogens (tertiary/aromatic N) is 1. The fourth-order valence-corrected chi connectivity index (χ4v) is 3.08. The lowest BCUT2D eigenvalue weighted by Gasteiger charge is -2.11. The summed E-state index contributed by atoms with van der Waals surface area (Å²) in [6, 6.07) is 5.94. The number of aromatic nitrogens is 1. The van der Waals surface area contributed by atoms with Crippen LogP contribution in [0.5, 0.6) is 0 Å². The summed E-state index contributed by atoms with van der Waals surface area (Å²) >= 11 is 7.64. The first kappa shape index (κ1) is 16.4. The van der Waals surface area contributed by atoms with Crippen LogP contribution in [0.2, 0.25) is 5.02 Å². The Kier molecular flexibility index (Phi) is 5.73. The molecule has 1 N–H and O–H groups in total. The van der Waals surface area contributed by atoms with Crippen molar-refractivity contribution in [1.29, 1.82) is 0 Å². The molecule has 0 unspecified atom stereocenters. The van der Waals surface area contributed by atoms with Crippen LogP contribution in [0.4, 0.5) is 0 Å². The summed E-state index contributed by atoms with van der Waals surface area (Å²) in [5, 5.41) is 4.85. The van der Waals surface area contributed by atoms with E-state index >= 15 is 0 Å². The number of hydrogen-bond donors (Lipinski definition) is 1. The van der Waals surface area contributed by atoms with Gasteiger partial charge in [0.15, 0.2) is 0 Å². The van der Waals surface area contributed by atoms with Crippen molar-refractivity contribution in [3.63, 3.8) is 0 Å². The third-order valence-electron chi connectivity index (χ3n) is 3.10. The van der Waals surface area contributed by atoms with Crippen LogP contribution >= 0.6 is 23.4 Å². The molecule has 0 radical (unpaired) electrons. The lowest BCUT2D eigenvalue weighted by Crippen LogP contribution is -2.19. The van der Waals surface area contributed by atoms with Gasteiger partial charge in [-0.2, -0.15) is 0 Å². The van der Waals surface area contributed by atoms with Gasteiger partial charge in [0, 0.05) is 16.5 Å². The Bertz CT molecular complexity index is 591. The molecule has 5 heteroatoms. The van der Waals surface area contributed by atoms with Crippen molar-refractivity contribution in [3.05, 3.63) is 40.2 Å². The summed E-state index contributed by atoms with van der Waals surface area (Å²) in [6.45, 7) is 10.1. The summed E-state index contributed by atoms with van der Waals surface area (Å²) in [4.78, 5) is 5.50. The highest BCUT2D eigenvalue weighted by Gasteiger charge is 2.11. The van der Waals surface area contributed by atoms with E-state index in [1.165, 1.54) is 17.3 Å². The Morgan fingerprint density at radius 3 is 2.71 bits per heavy atom. The molecule has 0 saturated heterocycles. The average molecular weight is 325 g/mol. The highest BCUT2D eigenvalue weighted by atomic mass is 35.5. The molecule has 1 heterocycles. The van der Waals surface area contributed by atoms with Crippen molar-refractivity contribution in [3.8, 4) is 0 Å². The van der Waals surface area contributed by atoms with Gasteiger partial charge in [-0.25, -0.2) is 4.98 Å². The van der Waals surface area contributed by atoms with Gasteiger partial charge in [-0.3, -0.25) is 0 Å². The summed E-state index contributed by atoms with van der Waals surface area (Å²) in [7, 11) is 0. The summed E-state index contributed by atoms with van der Waals surface area (Å²) < 4.78 is 5.64. The Morgan fingerprint density at radius 1 is 1.33 bits per heavy atom. The number of halogens is 1. The standard InChI is InChI=1S/C16H21ClN2OS/c1-10(2)8-18-9-13-5-6-14(17)7-15(13)21-16-19-11(3)12(4)20-16/h5-7,10,18H,8-9H2,1-4H3. The van der Waals surface area contributed by atoms with Gasteiger partial charge in [0.25, 0.3) is 5.22 Å². The molecule has 1 aromatic carbocycles. The predicted octanol–water partition coefficient (Wildman–Crippen LogP) is 4.84. The van der Waals surface area contributed by atoms with Gasteiger partial charge in [-0.05, 0) is 55.8 Å². The number of benzene rings is 1. The molecule has 2 rings (SSSR count). The quantitative estimate of drug-likeness (QED) is 0.825. The molecule has 0 spiro atoms. The number of oxazole rings is 1. The van der Waals surface area contributed by atoms with Gasteiger partial charge in [-0.15, -0.1) is 0 Å². The molecular formula is C16H21ClN2OS. The second-order valence-electron chi connectivity index (χ2n) is 5.50. The topological polar surface area (TPSA) is 38.1 Å². The second kappa shape index (κ2) is 7.34. The van der Waals surface area contributed by atoms with Crippen molar-refractivity contribution in [2.45, 2.75) is 44.4 Å². The normalized spacial score (nSPS) is 11.3. The van der Waals surface area contributed by atoms with Crippen LogP contribution in [-0.2, 0) is 6.54 Å². The van der Waals surface area contributed by atoms with Crippen LogP contribution in [0, 0.1) is 19.8 Å². The summed E-state index contributed by atoms with van der Waals surface area (Å²) in [6.07, 6.45) is 0. The maximum atomic E-state index is 6.12. The van der Waals surface area contributed by atoms with Gasteiger partial charge in [0.05, 0.1) is 5.69 Å². The van der Waals surface area contributed by atoms with Crippen molar-refractivity contribution >= 4 is 23.4 Å². The first-order valence-electron chi connectivity index (χ1n) is 7.06. The Morgan fingerprint density at radius 2 is 2.10 bits per heavy atom. The lowest BCUT2D eigenvalue weighted by atomic mass is 10.2. The Labute approximate surface area is 135 Å². The average Bonchev–Trinajstić information content (AvgIpc) is 2.70. The minimum Gasteiger partial charge on any atom is -0.436 e. The van der Waals surface area contributed by atoms with E-state index in [1.807, 2.05) is 26.0 Å². The Balaban J connectivity index is 2.14. The van der Waals surface area contributed by atoms with Gasteiger partial charge in [0.1, 0.15) is 5.76 Å². The number of rotatable bonds is 6. The molecule has 0 aliphatic carbocycles. The lowest BCUT2D eigenvalue weighted by molar-refractivity contribution is 0.431. The molecule has 0 aliphatic heterocycles. The van der Waals surface area contributed by atoms with Crippen LogP contribution < -0.4 is 5.32 Å². The van der Waals surface area contributed by atoms with Crippen LogP contribution in [0.15, 0.2) is 32.7 Å². The molecule has 0 saturated carbocycles. The summed E-state index contributed by atoms with van der Waals surface area (Å²) in [5.74, 6) is 1.49. The molecule has 2 aromatic rings. The van der Waals surface area contributed by atoms with Crippen molar-refractivity contribution in [1.82, 2.24) is 10.3 Å². The van der Waals surface area contributed by atoms with Crippen LogP contribution in [0.25, 0.3) is 0 Å². The third-order valence-corrected chi connectivity index (χ3v) is 4.29. The van der Waals surface area contributed by atoms with E-state index in [4.69, 9.17) is 16.0 Å². The SMILES string of the molecule is Cc1nc(Sc2cc(Cl)ccc2CNCC(C)C)oc1C. The number of hydrogen-bond acceptors (Lipinski definition) is 4.